The first-order chi connectivity index (χ1) is 25.3. The number of hydrogen-bond donors (Lipinski definition) is 7. The molecular formula is C31H12F14N2O8. The van der Waals surface area contributed by atoms with Gasteiger partial charge in [-0.1, -0.05) is 0 Å². The first-order valence-corrected chi connectivity index (χ1v) is 14.1. The van der Waals surface area contributed by atoms with Gasteiger partial charge in [-0.15, -0.1) is 0 Å². The number of carbonyl (C=O) groups excluding carboxylic acids is 2. The Bertz CT molecular complexity index is 2350. The highest BCUT2D eigenvalue weighted by Gasteiger charge is 2.46. The van der Waals surface area contributed by atoms with E-state index in [1.54, 1.807) is 5.32 Å². The third kappa shape index (κ3) is 6.05. The summed E-state index contributed by atoms with van der Waals surface area (Å²) in [5.74, 6) is -34.4. The molecule has 0 saturated heterocycles. The molecule has 0 spiro atoms. The molecule has 0 aromatic heterocycles. The van der Waals surface area contributed by atoms with Gasteiger partial charge in [-0.3, -0.25) is 9.59 Å². The summed E-state index contributed by atoms with van der Waals surface area (Å²) in [5.41, 5.74) is -18.2. The minimum atomic E-state index is -5.97. The van der Waals surface area contributed by atoms with Crippen LogP contribution in [0.1, 0.15) is 64.5 Å². The van der Waals surface area contributed by atoms with Gasteiger partial charge < -0.3 is 36.2 Å². The molecule has 2 aliphatic rings. The fraction of sp³-hybridized carbons (Fsp3) is 0.129. The van der Waals surface area contributed by atoms with Crippen LogP contribution in [0.4, 0.5) is 72.8 Å². The molecule has 24 heteroatoms. The second kappa shape index (κ2) is 13.1. The Morgan fingerprint density at radius 2 is 0.964 bits per heavy atom. The number of carboxylic acids is 1. The molecule has 0 fully saturated rings. The number of aromatic hydroxyl groups is 4. The van der Waals surface area contributed by atoms with Crippen molar-refractivity contribution >= 4 is 28.9 Å². The monoisotopic (exact) mass is 806 g/mol. The predicted octanol–water partition coefficient (Wildman–Crippen LogP) is 7.36. The van der Waals surface area contributed by atoms with Gasteiger partial charge >= 0.3 is 18.3 Å². The van der Waals surface area contributed by atoms with Crippen molar-refractivity contribution in [3.05, 3.63) is 103 Å². The molecule has 2 aliphatic carbocycles. The molecule has 0 atom stereocenters. The van der Waals surface area contributed by atoms with E-state index in [1.807, 2.05) is 5.32 Å². The minimum Gasteiger partial charge on any atom is -0.504 e. The zero-order valence-electron chi connectivity index (χ0n) is 25.7. The quantitative estimate of drug-likeness (QED) is 0.0262. The maximum absolute atomic E-state index is 14.6. The summed E-state index contributed by atoms with van der Waals surface area (Å²) >= 11 is 0. The van der Waals surface area contributed by atoms with Gasteiger partial charge in [0.25, 0.3) is 0 Å². The number of carbonyl (C=O) groups is 3. The maximum Gasteiger partial charge on any atom is 0.422 e. The van der Waals surface area contributed by atoms with Crippen LogP contribution in [0.2, 0.25) is 0 Å². The minimum absolute atomic E-state index is 0.189. The lowest BCUT2D eigenvalue weighted by Gasteiger charge is -2.28. The van der Waals surface area contributed by atoms with Crippen LogP contribution >= 0.6 is 0 Å². The Morgan fingerprint density at radius 1 is 0.564 bits per heavy atom. The van der Waals surface area contributed by atoms with Crippen molar-refractivity contribution in [3.63, 3.8) is 0 Å². The molecular weight excluding hydrogens is 794 g/mol. The molecule has 0 unspecified atom stereocenters. The van der Waals surface area contributed by atoms with Gasteiger partial charge in [0.15, 0.2) is 69.5 Å². The smallest absolute Gasteiger partial charge is 0.422 e. The van der Waals surface area contributed by atoms with Gasteiger partial charge in [-0.25, -0.2) is 39.9 Å². The molecule has 0 aliphatic heterocycles. The van der Waals surface area contributed by atoms with Crippen molar-refractivity contribution in [3.8, 4) is 23.0 Å². The average Bonchev–Trinajstić information content (AvgIpc) is 3.07. The molecule has 0 amide bonds. The number of phenols is 4. The zero-order valence-corrected chi connectivity index (χ0v) is 25.7. The van der Waals surface area contributed by atoms with Crippen molar-refractivity contribution < 1.29 is 101 Å². The second-order valence-corrected chi connectivity index (χ2v) is 11.1. The van der Waals surface area contributed by atoms with E-state index in [0.29, 0.717) is 0 Å². The summed E-state index contributed by atoms with van der Waals surface area (Å²) < 4.78 is 193. The van der Waals surface area contributed by atoms with E-state index in [-0.39, 0.29) is 6.07 Å². The van der Waals surface area contributed by atoms with Gasteiger partial charge in [0.1, 0.15) is 16.7 Å². The molecule has 55 heavy (non-hydrogen) atoms. The fourth-order valence-corrected chi connectivity index (χ4v) is 5.47. The van der Waals surface area contributed by atoms with Crippen LogP contribution < -0.4 is 10.6 Å². The summed E-state index contributed by atoms with van der Waals surface area (Å²) in [4.78, 5) is 38.4. The number of rotatable bonds is 9. The van der Waals surface area contributed by atoms with E-state index >= 15 is 0 Å². The highest BCUT2D eigenvalue weighted by Crippen LogP contribution is 2.53. The van der Waals surface area contributed by atoms with E-state index in [1.165, 1.54) is 0 Å². The lowest BCUT2D eigenvalue weighted by molar-refractivity contribution is -0.144. The molecule has 0 heterocycles. The summed E-state index contributed by atoms with van der Waals surface area (Å²) in [6.07, 6.45) is -11.9. The summed E-state index contributed by atoms with van der Waals surface area (Å²) in [6.45, 7) is -3.25. The number of carboxylic acid groups (broad SMARTS) is 1. The molecule has 0 radical (unpaired) electrons. The first kappa shape index (κ1) is 39.7. The average molecular weight is 806 g/mol. The van der Waals surface area contributed by atoms with Crippen molar-refractivity contribution in [1.82, 2.24) is 0 Å². The van der Waals surface area contributed by atoms with Crippen molar-refractivity contribution in [2.45, 2.75) is 25.4 Å². The lowest BCUT2D eigenvalue weighted by atomic mass is 9.79. The molecule has 4 aromatic rings. The molecule has 10 nitrogen and oxygen atoms in total. The van der Waals surface area contributed by atoms with Gasteiger partial charge in [0.2, 0.25) is 11.6 Å². The highest BCUT2D eigenvalue weighted by molar-refractivity contribution is 6.35. The Kier molecular flexibility index (Phi) is 9.47. The first-order valence-electron chi connectivity index (χ1n) is 14.1. The SMILES string of the molecule is O=C(O)c1cc(NCc2c(F)c(F)c(C(F)(F)F)c(F)c2F)c(C(=O)c2c(O)c(O)c3c(NCc4c(F)c(F)c(C(F)(F)F)c(F)c4F)c2C3=O)c(O)c1O. The predicted molar refractivity (Wildman–Crippen MR) is 151 cm³/mol. The third-order valence-corrected chi connectivity index (χ3v) is 8.03. The maximum atomic E-state index is 14.6. The van der Waals surface area contributed by atoms with E-state index in [9.17, 15) is 101 Å². The second-order valence-electron chi connectivity index (χ2n) is 11.1. The molecule has 0 saturated carbocycles. The molecule has 4 aromatic carbocycles. The van der Waals surface area contributed by atoms with Crippen molar-refractivity contribution in [2.24, 2.45) is 0 Å². The molecule has 292 valence electrons. The number of nitrogens with one attached hydrogen (secondary N) is 2. The van der Waals surface area contributed by atoms with E-state index in [2.05, 4.69) is 0 Å². The third-order valence-electron chi connectivity index (χ3n) is 8.03. The number of hydrogen-bond acceptors (Lipinski definition) is 9. The normalized spacial score (nSPS) is 12.5. The van der Waals surface area contributed by atoms with Crippen LogP contribution in [0.3, 0.4) is 0 Å². The summed E-state index contributed by atoms with van der Waals surface area (Å²) in [6, 6.07) is 0.189. The lowest BCUT2D eigenvalue weighted by Crippen LogP contribution is -2.27. The number of phenolic OH excluding ortho intramolecular Hbond substituents is 3. The Balaban J connectivity index is 1.63. The van der Waals surface area contributed by atoms with Gasteiger partial charge in [0.05, 0.1) is 33.6 Å². The molecule has 6 rings (SSSR count). The summed E-state index contributed by atoms with van der Waals surface area (Å²) in [7, 11) is 0. The highest BCUT2D eigenvalue weighted by atomic mass is 19.4. The van der Waals surface area contributed by atoms with E-state index in [4.69, 9.17) is 0 Å². The van der Waals surface area contributed by atoms with Crippen molar-refractivity contribution in [1.29, 1.82) is 0 Å². The fourth-order valence-electron chi connectivity index (χ4n) is 5.47. The van der Waals surface area contributed by atoms with Crippen molar-refractivity contribution in [2.75, 3.05) is 10.6 Å². The van der Waals surface area contributed by atoms with E-state index < -0.39 is 174 Å². The van der Waals surface area contributed by atoms with Crippen LogP contribution in [0.15, 0.2) is 6.07 Å². The Labute approximate surface area is 292 Å². The standard InChI is InChI=1S/C31H12F14N2O8/c32-14-5(15(33)19(37)12(18(14)36)30(40,41)42)2-46-7-1-4(29(54)55)23(48)26(51)8(7)24(49)10-9-22(11(25(9)50)28(53)27(10)52)47-3-6-16(34)20(38)13(31(43,44)45)21(39)17(6)35/h1,46-48,51-53H,2-3H2,(H,54,55). The summed E-state index contributed by atoms with van der Waals surface area (Å²) in [5, 5.41) is 55.1. The van der Waals surface area contributed by atoms with Gasteiger partial charge in [-0.2, -0.15) is 26.3 Å². The Hall–Kier alpha value is -6.49. The number of aromatic carboxylic acids is 1. The van der Waals surface area contributed by atoms with Crippen LogP contribution in [0, 0.1) is 46.5 Å². The molecule has 2 bridgehead atoms. The number of fused-ring (bicyclic) bond motifs is 2. The largest absolute Gasteiger partial charge is 0.504 e. The number of halogens is 14. The number of alkyl halides is 6. The van der Waals surface area contributed by atoms with Crippen LogP contribution in [-0.2, 0) is 25.4 Å². The number of ketones is 2. The Morgan fingerprint density at radius 3 is 1.36 bits per heavy atom. The zero-order chi connectivity index (χ0) is 41.5. The van der Waals surface area contributed by atoms with Gasteiger partial charge in [0, 0.05) is 24.2 Å². The van der Waals surface area contributed by atoms with Crippen LogP contribution in [0.25, 0.3) is 0 Å². The number of anilines is 2. The topological polar surface area (TPSA) is 176 Å². The molecule has 7 N–H and O–H groups in total. The van der Waals surface area contributed by atoms with E-state index in [0.717, 1.165) is 0 Å². The van der Waals surface area contributed by atoms with Crippen LogP contribution in [-0.4, -0.2) is 43.1 Å². The van der Waals surface area contributed by atoms with Crippen LogP contribution in [0.5, 0.6) is 23.0 Å². The van der Waals surface area contributed by atoms with Gasteiger partial charge in [-0.05, 0) is 6.07 Å². The number of benzene rings is 4.